The van der Waals surface area contributed by atoms with E-state index in [-0.39, 0.29) is 11.9 Å². The van der Waals surface area contributed by atoms with Gasteiger partial charge in [0.15, 0.2) is 0 Å². The van der Waals surface area contributed by atoms with Gasteiger partial charge < -0.3 is 24.4 Å². The molecule has 3 amide bonds. The number of hydrogen-bond donors (Lipinski definition) is 1. The number of rotatable bonds is 5. The number of anilines is 1. The van der Waals surface area contributed by atoms with Gasteiger partial charge in [0, 0.05) is 31.3 Å². The molecule has 2 heterocycles. The van der Waals surface area contributed by atoms with Gasteiger partial charge in [-0.2, -0.15) is 0 Å². The Morgan fingerprint density at radius 2 is 2.00 bits per heavy atom. The van der Waals surface area contributed by atoms with Crippen molar-refractivity contribution in [1.82, 2.24) is 15.0 Å². The number of aryl methyl sites for hydroxylation is 2. The monoisotopic (exact) mass is 386 g/mol. The Morgan fingerprint density at radius 3 is 2.61 bits per heavy atom. The number of methoxy groups -OCH3 is 1. The molecule has 1 N–H and O–H groups in total. The quantitative estimate of drug-likeness (QED) is 0.853. The lowest BCUT2D eigenvalue weighted by molar-refractivity contribution is 0.0793. The Hall–Kier alpha value is -3.03. The highest BCUT2D eigenvalue weighted by Crippen LogP contribution is 2.27. The Bertz CT molecular complexity index is 852. The molecule has 150 valence electrons. The second kappa shape index (κ2) is 8.33. The first kappa shape index (κ1) is 19.7. The Balaban J connectivity index is 1.75. The van der Waals surface area contributed by atoms with E-state index < -0.39 is 0 Å². The Kier molecular flexibility index (Phi) is 5.87. The summed E-state index contributed by atoms with van der Waals surface area (Å²) in [6.07, 6.45) is 2.05. The normalized spacial score (nSPS) is 13.5. The van der Waals surface area contributed by atoms with Crippen molar-refractivity contribution in [2.75, 3.05) is 32.6 Å². The van der Waals surface area contributed by atoms with Gasteiger partial charge in [-0.05, 0) is 44.9 Å². The van der Waals surface area contributed by atoms with E-state index in [1.807, 2.05) is 18.7 Å². The lowest BCUT2D eigenvalue weighted by atomic mass is 10.1. The van der Waals surface area contributed by atoms with Crippen LogP contribution in [0.5, 0.6) is 5.75 Å². The van der Waals surface area contributed by atoms with E-state index in [1.54, 1.807) is 25.2 Å². The summed E-state index contributed by atoms with van der Waals surface area (Å²) >= 11 is 0. The molecule has 0 bridgehead atoms. The predicted molar refractivity (Wildman–Crippen MR) is 105 cm³/mol. The van der Waals surface area contributed by atoms with Gasteiger partial charge in [0.1, 0.15) is 11.5 Å². The summed E-state index contributed by atoms with van der Waals surface area (Å²) in [4.78, 5) is 28.7. The van der Waals surface area contributed by atoms with Crippen molar-refractivity contribution in [3.8, 4) is 5.75 Å². The molecule has 1 aromatic carbocycles. The van der Waals surface area contributed by atoms with Crippen LogP contribution in [0.1, 0.15) is 40.2 Å². The van der Waals surface area contributed by atoms with Crippen LogP contribution in [0.15, 0.2) is 22.7 Å². The maximum atomic E-state index is 12.7. The second-order valence-electron chi connectivity index (χ2n) is 7.00. The minimum absolute atomic E-state index is 0.0280. The summed E-state index contributed by atoms with van der Waals surface area (Å²) in [5.74, 6) is 1.16. The minimum atomic E-state index is -0.316. The van der Waals surface area contributed by atoms with E-state index >= 15 is 0 Å². The van der Waals surface area contributed by atoms with E-state index in [9.17, 15) is 9.59 Å². The minimum Gasteiger partial charge on any atom is -0.495 e. The molecule has 1 aliphatic heterocycles. The van der Waals surface area contributed by atoms with E-state index in [1.165, 1.54) is 12.0 Å². The first-order valence-electron chi connectivity index (χ1n) is 9.32. The van der Waals surface area contributed by atoms with Crippen molar-refractivity contribution in [3.63, 3.8) is 0 Å². The van der Waals surface area contributed by atoms with Gasteiger partial charge in [-0.1, -0.05) is 5.16 Å². The number of ether oxygens (including phenoxy) is 1. The van der Waals surface area contributed by atoms with Crippen LogP contribution in [-0.2, 0) is 6.54 Å². The molecule has 1 aromatic heterocycles. The third-order valence-corrected chi connectivity index (χ3v) is 5.00. The summed E-state index contributed by atoms with van der Waals surface area (Å²) in [5.41, 5.74) is 2.63. The van der Waals surface area contributed by atoms with Gasteiger partial charge in [-0.15, -0.1) is 0 Å². The molecule has 0 spiro atoms. The zero-order valence-corrected chi connectivity index (χ0v) is 16.7. The Morgan fingerprint density at radius 1 is 1.29 bits per heavy atom. The van der Waals surface area contributed by atoms with E-state index in [0.29, 0.717) is 29.3 Å². The molecule has 1 aliphatic rings. The summed E-state index contributed by atoms with van der Waals surface area (Å²) in [6.45, 7) is 5.56. The van der Waals surface area contributed by atoms with E-state index in [4.69, 9.17) is 9.26 Å². The molecule has 0 saturated carbocycles. The van der Waals surface area contributed by atoms with Crippen LogP contribution in [-0.4, -0.2) is 54.1 Å². The topological polar surface area (TPSA) is 87.9 Å². The van der Waals surface area contributed by atoms with Crippen LogP contribution >= 0.6 is 0 Å². The maximum absolute atomic E-state index is 12.7. The summed E-state index contributed by atoms with van der Waals surface area (Å²) in [6, 6.07) is 4.78. The summed E-state index contributed by atoms with van der Waals surface area (Å²) in [5, 5.41) is 6.75. The molecule has 8 heteroatoms. The fourth-order valence-corrected chi connectivity index (χ4v) is 3.29. The first-order valence-corrected chi connectivity index (χ1v) is 9.32. The number of carbonyl (C=O) groups is 2. The predicted octanol–water partition coefficient (Wildman–Crippen LogP) is 3.20. The molecular weight excluding hydrogens is 360 g/mol. The molecule has 0 aliphatic carbocycles. The van der Waals surface area contributed by atoms with Crippen molar-refractivity contribution in [1.29, 1.82) is 0 Å². The molecule has 1 saturated heterocycles. The van der Waals surface area contributed by atoms with Crippen molar-refractivity contribution < 1.29 is 18.8 Å². The molecule has 28 heavy (non-hydrogen) atoms. The average Bonchev–Trinajstić information content (AvgIpc) is 3.33. The van der Waals surface area contributed by atoms with Gasteiger partial charge in [0.2, 0.25) is 0 Å². The van der Waals surface area contributed by atoms with Gasteiger partial charge in [-0.3, -0.25) is 4.79 Å². The van der Waals surface area contributed by atoms with Crippen molar-refractivity contribution in [2.24, 2.45) is 0 Å². The van der Waals surface area contributed by atoms with Crippen molar-refractivity contribution in [3.05, 3.63) is 40.8 Å². The standard InChI is InChI=1S/C20H26N4O4/c1-13-16(14(2)28-22-13)12-23(3)20(26)21-17-11-15(7-8-18(17)27-4)19(25)24-9-5-6-10-24/h7-8,11H,5-6,9-10,12H2,1-4H3,(H,21,26). The SMILES string of the molecule is COc1ccc(C(=O)N2CCCC2)cc1NC(=O)N(C)Cc1c(C)noc1C. The van der Waals surface area contributed by atoms with Crippen molar-refractivity contribution >= 4 is 17.6 Å². The number of hydrogen-bond acceptors (Lipinski definition) is 5. The molecule has 2 aromatic rings. The molecule has 0 radical (unpaired) electrons. The number of nitrogens with zero attached hydrogens (tertiary/aromatic N) is 3. The van der Waals surface area contributed by atoms with Crippen LogP contribution in [0.3, 0.4) is 0 Å². The lowest BCUT2D eigenvalue weighted by Gasteiger charge is -2.20. The third kappa shape index (κ3) is 4.11. The molecule has 0 unspecified atom stereocenters. The number of carbonyl (C=O) groups excluding carboxylic acids is 2. The van der Waals surface area contributed by atoms with Crippen LogP contribution in [0.2, 0.25) is 0 Å². The van der Waals surface area contributed by atoms with E-state index in [2.05, 4.69) is 10.5 Å². The summed E-state index contributed by atoms with van der Waals surface area (Å²) < 4.78 is 10.5. The smallest absolute Gasteiger partial charge is 0.321 e. The fourth-order valence-electron chi connectivity index (χ4n) is 3.29. The van der Waals surface area contributed by atoms with Gasteiger partial charge >= 0.3 is 6.03 Å². The molecule has 3 rings (SSSR count). The highest BCUT2D eigenvalue weighted by molar-refractivity contribution is 5.98. The number of urea groups is 1. The largest absolute Gasteiger partial charge is 0.495 e. The molecule has 1 fully saturated rings. The van der Waals surface area contributed by atoms with Crippen LogP contribution < -0.4 is 10.1 Å². The zero-order chi connectivity index (χ0) is 20.3. The summed E-state index contributed by atoms with van der Waals surface area (Å²) in [7, 11) is 3.22. The third-order valence-electron chi connectivity index (χ3n) is 5.00. The highest BCUT2D eigenvalue weighted by atomic mass is 16.5. The zero-order valence-electron chi connectivity index (χ0n) is 16.7. The number of likely N-dealkylation sites (tertiary alicyclic amines) is 1. The fraction of sp³-hybridized carbons (Fsp3) is 0.450. The van der Waals surface area contributed by atoms with E-state index in [0.717, 1.165) is 37.2 Å². The average molecular weight is 386 g/mol. The maximum Gasteiger partial charge on any atom is 0.321 e. The molecule has 0 atom stereocenters. The first-order chi connectivity index (χ1) is 13.4. The second-order valence-corrected chi connectivity index (χ2v) is 7.00. The number of aromatic nitrogens is 1. The highest BCUT2D eigenvalue weighted by Gasteiger charge is 2.22. The number of nitrogens with one attached hydrogen (secondary N) is 1. The number of benzene rings is 1. The van der Waals surface area contributed by atoms with Gasteiger partial charge in [0.25, 0.3) is 5.91 Å². The molecular formula is C20H26N4O4. The van der Waals surface area contributed by atoms with Crippen molar-refractivity contribution in [2.45, 2.75) is 33.2 Å². The van der Waals surface area contributed by atoms with Crippen LogP contribution in [0.4, 0.5) is 10.5 Å². The van der Waals surface area contributed by atoms with Gasteiger partial charge in [0.05, 0.1) is 25.0 Å². The van der Waals surface area contributed by atoms with Gasteiger partial charge in [-0.25, -0.2) is 4.79 Å². The number of amides is 3. The van der Waals surface area contributed by atoms with Crippen LogP contribution in [0, 0.1) is 13.8 Å². The Labute approximate surface area is 164 Å². The lowest BCUT2D eigenvalue weighted by Crippen LogP contribution is -2.31. The molecule has 8 nitrogen and oxygen atoms in total. The van der Waals surface area contributed by atoms with Crippen LogP contribution in [0.25, 0.3) is 0 Å².